The number of piperidine rings is 1. The molecule has 3 rings (SSSR count). The van der Waals surface area contributed by atoms with Gasteiger partial charge in [0, 0.05) is 19.6 Å². The maximum atomic E-state index is 13.6. The lowest BCUT2D eigenvalue weighted by Gasteiger charge is -2.42. The first kappa shape index (κ1) is 20.3. The molecule has 0 aliphatic carbocycles. The molecule has 0 saturated carbocycles. The number of urea groups is 1. The Balaban J connectivity index is 1.92. The first-order valence-corrected chi connectivity index (χ1v) is 9.21. The summed E-state index contributed by atoms with van der Waals surface area (Å²) in [4.78, 5) is 27.6. The number of hydrogen-bond donors (Lipinski definition) is 1. The zero-order valence-corrected chi connectivity index (χ0v) is 16.1. The van der Waals surface area contributed by atoms with Gasteiger partial charge in [0.15, 0.2) is 0 Å². The van der Waals surface area contributed by atoms with Crippen molar-refractivity contribution in [1.29, 1.82) is 0 Å². The van der Waals surface area contributed by atoms with Gasteiger partial charge in [0.25, 0.3) is 0 Å². The molecule has 28 heavy (non-hydrogen) atoms. The maximum Gasteiger partial charge on any atom is 0.418 e. The normalized spacial score (nSPS) is 20.5. The molecule has 0 aromatic heterocycles. The van der Waals surface area contributed by atoms with Crippen LogP contribution < -0.4 is 10.2 Å². The van der Waals surface area contributed by atoms with Crippen LogP contribution in [0.25, 0.3) is 0 Å². The molecular formula is C19H24F3N3O3. The molecule has 0 spiro atoms. The van der Waals surface area contributed by atoms with Crippen LogP contribution in [0.5, 0.6) is 0 Å². The van der Waals surface area contributed by atoms with Crippen LogP contribution >= 0.6 is 0 Å². The second-order valence-corrected chi connectivity index (χ2v) is 8.06. The third kappa shape index (κ3) is 4.18. The molecule has 6 nitrogen and oxygen atoms in total. The summed E-state index contributed by atoms with van der Waals surface area (Å²) < 4.78 is 46.1. The number of alkyl halides is 3. The second kappa shape index (κ2) is 7.18. The molecule has 9 heteroatoms. The number of hydrogen-bond acceptors (Lipinski definition) is 3. The molecule has 1 unspecified atom stereocenters. The largest absolute Gasteiger partial charge is 0.444 e. The lowest BCUT2D eigenvalue weighted by Crippen LogP contribution is -2.57. The Labute approximate surface area is 161 Å². The van der Waals surface area contributed by atoms with Crippen molar-refractivity contribution < 1.29 is 27.5 Å². The van der Waals surface area contributed by atoms with E-state index in [2.05, 4.69) is 5.32 Å². The minimum Gasteiger partial charge on any atom is -0.444 e. The number of likely N-dealkylation sites (tertiary alicyclic amines) is 1. The van der Waals surface area contributed by atoms with Gasteiger partial charge in [0.1, 0.15) is 5.60 Å². The third-order valence-electron chi connectivity index (χ3n) is 4.73. The Morgan fingerprint density at radius 2 is 1.96 bits per heavy atom. The van der Waals surface area contributed by atoms with E-state index in [0.717, 1.165) is 11.0 Å². The number of carbonyl (C=O) groups excluding carboxylic acids is 2. The van der Waals surface area contributed by atoms with Crippen molar-refractivity contribution >= 4 is 17.8 Å². The summed E-state index contributed by atoms with van der Waals surface area (Å²) in [6.07, 6.45) is -4.05. The van der Waals surface area contributed by atoms with Crippen LogP contribution in [0.3, 0.4) is 0 Å². The van der Waals surface area contributed by atoms with Crippen LogP contribution in [-0.4, -0.2) is 41.8 Å². The Bertz CT molecular complexity index is 774. The first-order chi connectivity index (χ1) is 13.0. The summed E-state index contributed by atoms with van der Waals surface area (Å²) in [5.41, 5.74) is -1.23. The number of nitrogens with zero attached hydrogens (tertiary/aromatic N) is 2. The Morgan fingerprint density at radius 1 is 1.25 bits per heavy atom. The molecule has 0 bridgehead atoms. The van der Waals surface area contributed by atoms with Crippen LogP contribution in [-0.2, 0) is 17.5 Å². The van der Waals surface area contributed by atoms with Crippen molar-refractivity contribution in [2.75, 3.05) is 18.0 Å². The van der Waals surface area contributed by atoms with Gasteiger partial charge in [-0.1, -0.05) is 12.1 Å². The minimum atomic E-state index is -4.58. The molecular weight excluding hydrogens is 375 g/mol. The fourth-order valence-corrected chi connectivity index (χ4v) is 3.61. The molecule has 2 aliphatic heterocycles. The van der Waals surface area contributed by atoms with Gasteiger partial charge in [-0.05, 0) is 45.2 Å². The summed E-state index contributed by atoms with van der Waals surface area (Å²) >= 11 is 0. The molecule has 154 valence electrons. The lowest BCUT2D eigenvalue weighted by molar-refractivity contribution is -0.137. The third-order valence-corrected chi connectivity index (χ3v) is 4.73. The van der Waals surface area contributed by atoms with E-state index in [-0.39, 0.29) is 18.8 Å². The van der Waals surface area contributed by atoms with Gasteiger partial charge >= 0.3 is 18.3 Å². The number of para-hydroxylation sites is 1. The van der Waals surface area contributed by atoms with Gasteiger partial charge in [0.2, 0.25) is 0 Å². The Hall–Kier alpha value is -2.45. The number of fused-ring (bicyclic) bond motifs is 1. The zero-order chi connectivity index (χ0) is 20.7. The van der Waals surface area contributed by atoms with Crippen molar-refractivity contribution in [2.45, 2.75) is 58.0 Å². The van der Waals surface area contributed by atoms with Crippen molar-refractivity contribution in [3.05, 3.63) is 29.3 Å². The highest BCUT2D eigenvalue weighted by atomic mass is 19.4. The van der Waals surface area contributed by atoms with Crippen molar-refractivity contribution in [3.63, 3.8) is 0 Å². The van der Waals surface area contributed by atoms with E-state index in [4.69, 9.17) is 4.74 Å². The first-order valence-electron chi connectivity index (χ1n) is 9.21. The number of benzene rings is 1. The number of nitrogens with one attached hydrogen (secondary N) is 1. The Morgan fingerprint density at radius 3 is 2.61 bits per heavy atom. The van der Waals surface area contributed by atoms with Gasteiger partial charge in [0.05, 0.1) is 17.3 Å². The minimum absolute atomic E-state index is 0.0388. The predicted octanol–water partition coefficient (Wildman–Crippen LogP) is 4.13. The van der Waals surface area contributed by atoms with Crippen LogP contribution in [0.2, 0.25) is 0 Å². The molecule has 2 aliphatic rings. The molecule has 3 amide bonds. The molecule has 1 N–H and O–H groups in total. The molecule has 1 aromatic rings. The predicted molar refractivity (Wildman–Crippen MR) is 97.0 cm³/mol. The molecule has 1 saturated heterocycles. The highest BCUT2D eigenvalue weighted by Crippen LogP contribution is 2.41. The monoisotopic (exact) mass is 399 g/mol. The van der Waals surface area contributed by atoms with Gasteiger partial charge in [-0.25, -0.2) is 9.59 Å². The molecule has 1 fully saturated rings. The van der Waals surface area contributed by atoms with E-state index < -0.39 is 35.5 Å². The summed E-state index contributed by atoms with van der Waals surface area (Å²) in [5, 5.41) is 2.63. The van der Waals surface area contributed by atoms with Crippen LogP contribution in [0.4, 0.5) is 28.4 Å². The second-order valence-electron chi connectivity index (χ2n) is 8.06. The van der Waals surface area contributed by atoms with E-state index in [1.807, 2.05) is 0 Å². The van der Waals surface area contributed by atoms with E-state index in [1.54, 1.807) is 26.8 Å². The number of anilines is 1. The van der Waals surface area contributed by atoms with Gasteiger partial charge < -0.3 is 15.0 Å². The van der Waals surface area contributed by atoms with E-state index in [1.165, 1.54) is 11.0 Å². The average molecular weight is 399 g/mol. The summed E-state index contributed by atoms with van der Waals surface area (Å²) in [6.45, 7) is 5.84. The molecule has 1 aromatic carbocycles. The fourth-order valence-electron chi connectivity index (χ4n) is 3.61. The van der Waals surface area contributed by atoms with Crippen LogP contribution in [0.15, 0.2) is 18.2 Å². The molecule has 0 radical (unpaired) electrons. The van der Waals surface area contributed by atoms with Crippen LogP contribution in [0.1, 0.15) is 44.7 Å². The van der Waals surface area contributed by atoms with Crippen molar-refractivity contribution in [3.8, 4) is 0 Å². The Kier molecular flexibility index (Phi) is 5.20. The van der Waals surface area contributed by atoms with Crippen LogP contribution in [0, 0.1) is 0 Å². The summed E-state index contributed by atoms with van der Waals surface area (Å²) in [5.74, 6) is 0. The highest BCUT2D eigenvalue weighted by molar-refractivity contribution is 5.96. The van der Waals surface area contributed by atoms with Crippen molar-refractivity contribution in [2.24, 2.45) is 0 Å². The van der Waals surface area contributed by atoms with Gasteiger partial charge in [-0.3, -0.25) is 4.90 Å². The lowest BCUT2D eigenvalue weighted by atomic mass is 9.98. The highest BCUT2D eigenvalue weighted by Gasteiger charge is 2.42. The van der Waals surface area contributed by atoms with Gasteiger partial charge in [-0.15, -0.1) is 0 Å². The topological polar surface area (TPSA) is 61.9 Å². The van der Waals surface area contributed by atoms with E-state index >= 15 is 0 Å². The number of amides is 3. The number of rotatable bonds is 1. The summed E-state index contributed by atoms with van der Waals surface area (Å²) in [7, 11) is 0. The standard InChI is InChI=1S/C19H24F3N3O3/c1-18(2,3)28-17(27)24-9-5-7-13(11-24)25-15-12(10-23-16(25)26)6-4-8-14(15)19(20,21)22/h4,6,8,13H,5,7,9-11H2,1-3H3,(H,23,26). The van der Waals surface area contributed by atoms with E-state index in [0.29, 0.717) is 24.9 Å². The average Bonchev–Trinajstić information content (AvgIpc) is 2.59. The zero-order valence-electron chi connectivity index (χ0n) is 16.1. The van der Waals surface area contributed by atoms with Crippen molar-refractivity contribution in [1.82, 2.24) is 10.2 Å². The number of carbonyl (C=O) groups is 2. The maximum absolute atomic E-state index is 13.6. The van der Waals surface area contributed by atoms with Gasteiger partial charge in [-0.2, -0.15) is 13.2 Å². The smallest absolute Gasteiger partial charge is 0.418 e. The SMILES string of the molecule is CC(C)(C)OC(=O)N1CCCC(N2C(=O)NCc3cccc(C(F)(F)F)c32)C1. The summed E-state index contributed by atoms with van der Waals surface area (Å²) in [6, 6.07) is 2.75. The quantitative estimate of drug-likeness (QED) is 0.772. The fraction of sp³-hybridized carbons (Fsp3) is 0.579. The number of halogens is 3. The number of ether oxygens (including phenoxy) is 1. The van der Waals surface area contributed by atoms with E-state index in [9.17, 15) is 22.8 Å². The molecule has 2 heterocycles. The molecule has 1 atom stereocenters.